The highest BCUT2D eigenvalue weighted by Crippen LogP contribution is 2.72. The van der Waals surface area contributed by atoms with E-state index in [9.17, 15) is 19.8 Å². The largest absolute Gasteiger partial charge is 0.463 e. The fraction of sp³-hybridized carbons (Fsp3) is 0.867. The van der Waals surface area contributed by atoms with Crippen LogP contribution in [0.5, 0.6) is 0 Å². The number of hydrogen-bond acceptors (Lipinski definition) is 6. The highest BCUT2D eigenvalue weighted by molar-refractivity contribution is 5.92. The molecule has 7 atom stereocenters. The van der Waals surface area contributed by atoms with Gasteiger partial charge in [0.25, 0.3) is 0 Å². The Labute approximate surface area is 122 Å². The number of aliphatic hydroxyl groups is 2. The van der Waals surface area contributed by atoms with Crippen molar-refractivity contribution in [3.05, 3.63) is 0 Å². The molecule has 21 heavy (non-hydrogen) atoms. The number of esters is 1. The van der Waals surface area contributed by atoms with Gasteiger partial charge in [0.15, 0.2) is 11.9 Å². The molecule has 0 radical (unpaired) electrons. The topological polar surface area (TPSA) is 93.1 Å². The van der Waals surface area contributed by atoms with E-state index < -0.39 is 34.1 Å². The minimum atomic E-state index is -1.73. The molecule has 0 aromatic rings. The Morgan fingerprint density at radius 1 is 1.24 bits per heavy atom. The summed E-state index contributed by atoms with van der Waals surface area (Å²) in [5, 5.41) is 22.3. The van der Waals surface area contributed by atoms with Gasteiger partial charge in [0.1, 0.15) is 12.2 Å². The van der Waals surface area contributed by atoms with Crippen molar-refractivity contribution in [2.75, 3.05) is 6.61 Å². The van der Waals surface area contributed by atoms with Gasteiger partial charge < -0.3 is 19.7 Å². The number of carbonyl (C=O) groups is 2. The van der Waals surface area contributed by atoms with E-state index in [1.807, 2.05) is 6.92 Å². The van der Waals surface area contributed by atoms with Crippen LogP contribution in [0.4, 0.5) is 0 Å². The molecule has 4 aliphatic rings. The summed E-state index contributed by atoms with van der Waals surface area (Å²) in [6, 6.07) is 0. The van der Waals surface area contributed by atoms with Crippen molar-refractivity contribution >= 4 is 11.8 Å². The maximum absolute atomic E-state index is 12.6. The van der Waals surface area contributed by atoms with Gasteiger partial charge in [-0.05, 0) is 12.8 Å². The molecule has 2 saturated heterocycles. The second-order valence-corrected chi connectivity index (χ2v) is 7.56. The van der Waals surface area contributed by atoms with E-state index in [2.05, 4.69) is 0 Å². The molecule has 0 aromatic carbocycles. The van der Waals surface area contributed by atoms with E-state index in [1.54, 1.807) is 6.92 Å². The Kier molecular flexibility index (Phi) is 2.17. The molecule has 1 spiro atoms. The number of ether oxygens (including phenoxy) is 2. The number of fused-ring (bicyclic) bond motifs is 1. The van der Waals surface area contributed by atoms with Crippen molar-refractivity contribution < 1.29 is 29.3 Å². The fourth-order valence-corrected chi connectivity index (χ4v) is 5.39. The maximum Gasteiger partial charge on any atom is 0.336 e. The summed E-state index contributed by atoms with van der Waals surface area (Å²) in [5.41, 5.74) is -5.30. The van der Waals surface area contributed by atoms with Gasteiger partial charge in [0.05, 0.1) is 17.1 Å². The van der Waals surface area contributed by atoms with E-state index >= 15 is 0 Å². The van der Waals surface area contributed by atoms with Crippen LogP contribution in [0.25, 0.3) is 0 Å². The van der Waals surface area contributed by atoms with E-state index in [0.717, 1.165) is 0 Å². The first kappa shape index (κ1) is 13.7. The van der Waals surface area contributed by atoms with Gasteiger partial charge in [0, 0.05) is 18.3 Å². The zero-order chi connectivity index (χ0) is 15.4. The van der Waals surface area contributed by atoms with Gasteiger partial charge in [-0.2, -0.15) is 0 Å². The first-order valence-corrected chi connectivity index (χ1v) is 7.42. The molecular formula is C15H20O6. The minimum Gasteiger partial charge on any atom is -0.463 e. The van der Waals surface area contributed by atoms with Crippen LogP contribution in [0.2, 0.25) is 0 Å². The standard InChI is InChI=1S/C15H20O6/c1-7-8-4-15(19)12(2)6-20-11(17)10(21-8)14(7,15)5-9(16)13(12,3)18/h7-8,10,18-19H,4-6H2,1-3H3/t7-,8-,10?,12-,13+,14+,15+/m1/s1. The zero-order valence-corrected chi connectivity index (χ0v) is 12.4. The molecule has 6 nitrogen and oxygen atoms in total. The summed E-state index contributed by atoms with van der Waals surface area (Å²) >= 11 is 0. The molecule has 6 heteroatoms. The molecule has 2 saturated carbocycles. The van der Waals surface area contributed by atoms with Crippen molar-refractivity contribution in [3.63, 3.8) is 0 Å². The lowest BCUT2D eigenvalue weighted by Gasteiger charge is -2.61. The van der Waals surface area contributed by atoms with Crippen molar-refractivity contribution in [2.24, 2.45) is 16.7 Å². The van der Waals surface area contributed by atoms with Crippen LogP contribution in [-0.4, -0.2) is 52.0 Å². The third-order valence-corrected chi connectivity index (χ3v) is 7.12. The van der Waals surface area contributed by atoms with Crippen molar-refractivity contribution in [1.82, 2.24) is 0 Å². The average molecular weight is 296 g/mol. The van der Waals surface area contributed by atoms with Crippen LogP contribution in [0.3, 0.4) is 0 Å². The Morgan fingerprint density at radius 2 is 1.90 bits per heavy atom. The first-order chi connectivity index (χ1) is 9.62. The molecule has 0 amide bonds. The van der Waals surface area contributed by atoms with Crippen LogP contribution in [0, 0.1) is 16.7 Å². The Bertz CT molecular complexity index is 571. The number of rotatable bonds is 0. The van der Waals surface area contributed by atoms with Crippen molar-refractivity contribution in [1.29, 1.82) is 0 Å². The second kappa shape index (κ2) is 3.34. The van der Waals surface area contributed by atoms with Gasteiger partial charge in [-0.25, -0.2) is 4.79 Å². The average Bonchev–Trinajstić information content (AvgIpc) is 2.79. The molecule has 3 bridgehead atoms. The Morgan fingerprint density at radius 3 is 2.57 bits per heavy atom. The van der Waals surface area contributed by atoms with E-state index in [-0.39, 0.29) is 30.8 Å². The van der Waals surface area contributed by atoms with Crippen LogP contribution < -0.4 is 0 Å². The second-order valence-electron chi connectivity index (χ2n) is 7.56. The predicted molar refractivity (Wildman–Crippen MR) is 69.1 cm³/mol. The third kappa shape index (κ3) is 1.06. The van der Waals surface area contributed by atoms with Gasteiger partial charge in [0.2, 0.25) is 0 Å². The monoisotopic (exact) mass is 296 g/mol. The number of hydrogen-bond donors (Lipinski definition) is 2. The number of cyclic esters (lactones) is 1. The van der Waals surface area contributed by atoms with Crippen LogP contribution in [0.15, 0.2) is 0 Å². The highest BCUT2D eigenvalue weighted by Gasteiger charge is 2.84. The summed E-state index contributed by atoms with van der Waals surface area (Å²) in [5.74, 6) is -1.01. The van der Waals surface area contributed by atoms with Gasteiger partial charge >= 0.3 is 5.97 Å². The smallest absolute Gasteiger partial charge is 0.336 e. The number of Topliss-reactive ketones (excluding diaryl/α,β-unsaturated/α-hetero) is 1. The SMILES string of the molecule is C[C@@H]1[C@H]2C[C@]3(O)[C@]4(C)COC(=O)C(O2)[C@]13CC(=O)[C@]4(C)O. The van der Waals surface area contributed by atoms with Gasteiger partial charge in [-0.1, -0.05) is 13.8 Å². The molecular weight excluding hydrogens is 276 g/mol. The molecule has 2 aliphatic carbocycles. The lowest BCUT2D eigenvalue weighted by atomic mass is 9.45. The minimum absolute atomic E-state index is 0.0521. The summed E-state index contributed by atoms with van der Waals surface area (Å²) in [6.45, 7) is 4.80. The molecule has 116 valence electrons. The maximum atomic E-state index is 12.6. The number of carbonyl (C=O) groups excluding carboxylic acids is 2. The molecule has 2 heterocycles. The molecule has 4 fully saturated rings. The lowest BCUT2D eigenvalue weighted by Crippen LogP contribution is -2.75. The van der Waals surface area contributed by atoms with Crippen LogP contribution >= 0.6 is 0 Å². The molecule has 4 rings (SSSR count). The Balaban J connectivity index is 2.04. The molecule has 2 aliphatic heterocycles. The van der Waals surface area contributed by atoms with Gasteiger partial charge in [-0.3, -0.25) is 4.79 Å². The molecule has 0 aromatic heterocycles. The van der Waals surface area contributed by atoms with E-state index in [0.29, 0.717) is 6.42 Å². The quantitative estimate of drug-likeness (QED) is 0.601. The predicted octanol–water partition coefficient (Wildman–Crippen LogP) is -0.202. The zero-order valence-electron chi connectivity index (χ0n) is 12.4. The Hall–Kier alpha value is -0.980. The van der Waals surface area contributed by atoms with Crippen LogP contribution in [0.1, 0.15) is 33.6 Å². The third-order valence-electron chi connectivity index (χ3n) is 7.12. The van der Waals surface area contributed by atoms with Gasteiger partial charge in [-0.15, -0.1) is 0 Å². The van der Waals surface area contributed by atoms with Crippen molar-refractivity contribution in [3.8, 4) is 0 Å². The highest BCUT2D eigenvalue weighted by atomic mass is 16.6. The van der Waals surface area contributed by atoms with Crippen molar-refractivity contribution in [2.45, 2.75) is 57.0 Å². The first-order valence-electron chi connectivity index (χ1n) is 7.42. The fourth-order valence-electron chi connectivity index (χ4n) is 5.39. The lowest BCUT2D eigenvalue weighted by molar-refractivity contribution is -0.268. The number of ketones is 1. The summed E-state index contributed by atoms with van der Waals surface area (Å²) in [6.07, 6.45) is -0.935. The summed E-state index contributed by atoms with van der Waals surface area (Å²) < 4.78 is 11.1. The van der Waals surface area contributed by atoms with E-state index in [4.69, 9.17) is 9.47 Å². The molecule has 2 N–H and O–H groups in total. The summed E-state index contributed by atoms with van der Waals surface area (Å²) in [4.78, 5) is 24.9. The van der Waals surface area contributed by atoms with Crippen LogP contribution in [-0.2, 0) is 19.1 Å². The summed E-state index contributed by atoms with van der Waals surface area (Å²) in [7, 11) is 0. The molecule has 1 unspecified atom stereocenters. The van der Waals surface area contributed by atoms with E-state index in [1.165, 1.54) is 6.92 Å². The normalized spacial score (nSPS) is 61.7.